The van der Waals surface area contributed by atoms with E-state index in [1.165, 1.54) is 0 Å². The second-order valence-electron chi connectivity index (χ2n) is 5.23. The maximum atomic E-state index is 13.9. The minimum atomic E-state index is -0.238. The van der Waals surface area contributed by atoms with Crippen LogP contribution in [0.1, 0.15) is 44.6 Å². The number of nitrogens with one attached hydrogen (secondary N) is 1. The molecule has 0 amide bonds. The van der Waals surface area contributed by atoms with Gasteiger partial charge in [0, 0.05) is 0 Å². The highest BCUT2D eigenvalue weighted by Gasteiger charge is 2.16. The summed E-state index contributed by atoms with van der Waals surface area (Å²) in [5.74, 6) is 0.599. The van der Waals surface area contributed by atoms with Crippen molar-refractivity contribution in [1.29, 1.82) is 0 Å². The molecule has 1 aromatic rings. The molecule has 0 aliphatic carbocycles. The molecule has 1 fully saturated rings. The van der Waals surface area contributed by atoms with Gasteiger partial charge in [-0.05, 0) is 69.8 Å². The molecule has 2 nitrogen and oxygen atoms in total. The molecule has 1 aromatic carbocycles. The summed E-state index contributed by atoms with van der Waals surface area (Å²) in [5.41, 5.74) is 1.10. The lowest BCUT2D eigenvalue weighted by molar-refractivity contribution is 0.231. The predicted molar refractivity (Wildman–Crippen MR) is 71.6 cm³/mol. The third-order valence-corrected chi connectivity index (χ3v) is 3.37. The zero-order valence-corrected chi connectivity index (χ0v) is 11.2. The van der Waals surface area contributed by atoms with E-state index in [9.17, 15) is 4.39 Å². The zero-order chi connectivity index (χ0) is 13.0. The van der Waals surface area contributed by atoms with Gasteiger partial charge in [-0.25, -0.2) is 4.39 Å². The molecule has 0 saturated carbocycles. The molecule has 1 N–H and O–H groups in total. The highest BCUT2D eigenvalue weighted by Crippen LogP contribution is 2.29. The lowest BCUT2D eigenvalue weighted by Gasteiger charge is -2.16. The molecule has 0 spiro atoms. The highest BCUT2D eigenvalue weighted by atomic mass is 19.1. The van der Waals surface area contributed by atoms with Gasteiger partial charge in [0.1, 0.15) is 0 Å². The number of ether oxygens (including phenoxy) is 1. The molecule has 1 aliphatic heterocycles. The molecule has 1 unspecified atom stereocenters. The number of benzene rings is 1. The molecule has 1 aliphatic rings. The maximum absolute atomic E-state index is 13.9. The first-order valence-electron chi connectivity index (χ1n) is 6.83. The number of halogens is 1. The van der Waals surface area contributed by atoms with Gasteiger partial charge in [-0.2, -0.15) is 0 Å². The Labute approximate surface area is 109 Å². The van der Waals surface area contributed by atoms with Gasteiger partial charge in [0.15, 0.2) is 11.6 Å². The summed E-state index contributed by atoms with van der Waals surface area (Å²) in [6.45, 7) is 5.92. The molecule has 1 saturated heterocycles. The maximum Gasteiger partial charge on any atom is 0.165 e. The lowest BCUT2D eigenvalue weighted by Crippen LogP contribution is -2.13. The quantitative estimate of drug-likeness (QED) is 0.888. The summed E-state index contributed by atoms with van der Waals surface area (Å²) in [7, 11) is 0. The minimum absolute atomic E-state index is 0.00688. The predicted octanol–water partition coefficient (Wildman–Crippen LogP) is 3.47. The van der Waals surface area contributed by atoms with E-state index < -0.39 is 0 Å². The van der Waals surface area contributed by atoms with Crippen molar-refractivity contribution in [3.8, 4) is 5.75 Å². The molecule has 100 valence electrons. The van der Waals surface area contributed by atoms with Gasteiger partial charge < -0.3 is 10.1 Å². The Morgan fingerprint density at radius 1 is 1.28 bits per heavy atom. The summed E-state index contributed by atoms with van der Waals surface area (Å²) in [6, 6.07) is 5.42. The van der Waals surface area contributed by atoms with Crippen molar-refractivity contribution in [1.82, 2.24) is 5.32 Å². The van der Waals surface area contributed by atoms with E-state index in [1.54, 1.807) is 12.1 Å². The molecule has 0 aromatic heterocycles. The Morgan fingerprint density at radius 3 is 2.83 bits per heavy atom. The van der Waals surface area contributed by atoms with Crippen molar-refractivity contribution >= 4 is 0 Å². The molecule has 18 heavy (non-hydrogen) atoms. The van der Waals surface area contributed by atoms with Crippen molar-refractivity contribution < 1.29 is 9.13 Å². The van der Waals surface area contributed by atoms with E-state index in [4.69, 9.17) is 4.74 Å². The van der Waals surface area contributed by atoms with Crippen LogP contribution in [0, 0.1) is 5.82 Å². The third-order valence-electron chi connectivity index (χ3n) is 3.37. The van der Waals surface area contributed by atoms with Crippen LogP contribution in [0.4, 0.5) is 4.39 Å². The number of hydrogen-bond donors (Lipinski definition) is 1. The second kappa shape index (κ2) is 6.19. The van der Waals surface area contributed by atoms with E-state index in [2.05, 4.69) is 5.32 Å². The fourth-order valence-electron chi connectivity index (χ4n) is 2.47. The Hall–Kier alpha value is -1.09. The molecule has 0 radical (unpaired) electrons. The molecule has 3 heteroatoms. The van der Waals surface area contributed by atoms with E-state index >= 15 is 0 Å². The largest absolute Gasteiger partial charge is 0.488 e. The average Bonchev–Trinajstić information content (AvgIpc) is 2.60. The Bertz CT molecular complexity index is 384. The van der Waals surface area contributed by atoms with Gasteiger partial charge in [0.25, 0.3) is 0 Å². The molecule has 0 bridgehead atoms. The molecule has 1 atom stereocenters. The average molecular weight is 251 g/mol. The summed E-state index contributed by atoms with van der Waals surface area (Å²) in [5, 5.41) is 3.38. The lowest BCUT2D eigenvalue weighted by atomic mass is 9.92. The van der Waals surface area contributed by atoms with Crippen LogP contribution in [0.3, 0.4) is 0 Å². The van der Waals surface area contributed by atoms with Gasteiger partial charge >= 0.3 is 0 Å². The zero-order valence-electron chi connectivity index (χ0n) is 11.2. The fourth-order valence-corrected chi connectivity index (χ4v) is 2.47. The molecule has 1 heterocycles. The van der Waals surface area contributed by atoms with E-state index in [1.807, 2.05) is 19.9 Å². The number of rotatable bonds is 3. The third kappa shape index (κ3) is 3.45. The van der Waals surface area contributed by atoms with Gasteiger partial charge in [0.2, 0.25) is 0 Å². The molecular weight excluding hydrogens is 229 g/mol. The van der Waals surface area contributed by atoms with Crippen LogP contribution >= 0.6 is 0 Å². The monoisotopic (exact) mass is 251 g/mol. The van der Waals surface area contributed by atoms with E-state index in [-0.39, 0.29) is 11.9 Å². The first-order valence-corrected chi connectivity index (χ1v) is 6.83. The molecular formula is C15H22FNO. The van der Waals surface area contributed by atoms with Crippen LogP contribution in [0.5, 0.6) is 5.75 Å². The van der Waals surface area contributed by atoms with Crippen LogP contribution in [0.25, 0.3) is 0 Å². The van der Waals surface area contributed by atoms with Crippen molar-refractivity contribution in [2.45, 2.75) is 45.1 Å². The summed E-state index contributed by atoms with van der Waals surface area (Å²) in [6.07, 6.45) is 3.39. The van der Waals surface area contributed by atoms with Crippen LogP contribution in [0.15, 0.2) is 18.2 Å². The second-order valence-corrected chi connectivity index (χ2v) is 5.23. The SMILES string of the molecule is CC(C)Oc1ccc(C2CCCNCC2)cc1F. The van der Waals surface area contributed by atoms with Crippen molar-refractivity contribution in [3.05, 3.63) is 29.6 Å². The topological polar surface area (TPSA) is 21.3 Å². The summed E-state index contributed by atoms with van der Waals surface area (Å²) in [4.78, 5) is 0. The van der Waals surface area contributed by atoms with Crippen LogP contribution in [-0.4, -0.2) is 19.2 Å². The first kappa shape index (κ1) is 13.3. The smallest absolute Gasteiger partial charge is 0.165 e. The van der Waals surface area contributed by atoms with Crippen LogP contribution < -0.4 is 10.1 Å². The van der Waals surface area contributed by atoms with Gasteiger partial charge in [-0.1, -0.05) is 6.07 Å². The summed E-state index contributed by atoms with van der Waals surface area (Å²) < 4.78 is 19.4. The van der Waals surface area contributed by atoms with E-state index in [0.717, 1.165) is 37.9 Å². The van der Waals surface area contributed by atoms with Crippen molar-refractivity contribution in [3.63, 3.8) is 0 Å². The highest BCUT2D eigenvalue weighted by molar-refractivity contribution is 5.31. The minimum Gasteiger partial charge on any atom is -0.488 e. The van der Waals surface area contributed by atoms with Gasteiger partial charge in [-0.15, -0.1) is 0 Å². The Morgan fingerprint density at radius 2 is 2.11 bits per heavy atom. The summed E-state index contributed by atoms with van der Waals surface area (Å²) >= 11 is 0. The van der Waals surface area contributed by atoms with Gasteiger partial charge in [-0.3, -0.25) is 0 Å². The Kier molecular flexibility index (Phi) is 4.59. The molecule has 2 rings (SSSR count). The van der Waals surface area contributed by atoms with Crippen LogP contribution in [-0.2, 0) is 0 Å². The van der Waals surface area contributed by atoms with Gasteiger partial charge in [0.05, 0.1) is 6.10 Å². The fraction of sp³-hybridized carbons (Fsp3) is 0.600. The van der Waals surface area contributed by atoms with E-state index in [0.29, 0.717) is 11.7 Å². The first-order chi connectivity index (χ1) is 8.66. The Balaban J connectivity index is 2.11. The van der Waals surface area contributed by atoms with Crippen molar-refractivity contribution in [2.24, 2.45) is 0 Å². The van der Waals surface area contributed by atoms with Crippen LogP contribution in [0.2, 0.25) is 0 Å². The standard InChI is InChI=1S/C15H22FNO/c1-11(2)18-15-6-5-13(10-14(15)16)12-4-3-8-17-9-7-12/h5-6,10-12,17H,3-4,7-9H2,1-2H3. The van der Waals surface area contributed by atoms with Crippen molar-refractivity contribution in [2.75, 3.05) is 13.1 Å². The normalized spacial score (nSPS) is 20.8. The number of hydrogen-bond acceptors (Lipinski definition) is 2.